The Kier molecular flexibility index (Phi) is 11.5. The predicted octanol–water partition coefficient (Wildman–Crippen LogP) is 4.90. The number of nitrogens with zero attached hydrogens (tertiary/aromatic N) is 2. The van der Waals surface area contributed by atoms with E-state index in [-0.39, 0.29) is 30.9 Å². The van der Waals surface area contributed by atoms with Crippen LogP contribution >= 0.6 is 0 Å². The zero-order chi connectivity index (χ0) is 40.6. The van der Waals surface area contributed by atoms with Crippen molar-refractivity contribution in [3.05, 3.63) is 29.8 Å². The monoisotopic (exact) mass is 821 g/mol. The normalized spacial score (nSPS) is 31.2. The predicted molar refractivity (Wildman–Crippen MR) is 214 cm³/mol. The van der Waals surface area contributed by atoms with E-state index in [1.807, 2.05) is 25.1 Å². The van der Waals surface area contributed by atoms with Gasteiger partial charge in [-0.1, -0.05) is 44.3 Å². The summed E-state index contributed by atoms with van der Waals surface area (Å²) in [5, 5.41) is 5.93. The van der Waals surface area contributed by atoms with E-state index in [1.54, 1.807) is 13.2 Å². The number of hydrogen-bond donors (Lipinski definition) is 3. The second-order valence-corrected chi connectivity index (χ2v) is 18.8. The molecule has 7 atom stereocenters. The SMILES string of the molecule is CCOc1cc2c3cc(c(OC)cc3n1)/C=C\CC1CCC[C@H]1OC(=O)N[C@H]1CCCCCCC[C@H]3C[C@@]3(C(=O)NS(=O)(=O)C3CC3)NC(=O)[C@@H]3C[C@H](CN3C1=O)O2. The van der Waals surface area contributed by atoms with Crippen LogP contribution in [-0.2, 0) is 29.1 Å². The van der Waals surface area contributed by atoms with E-state index in [4.69, 9.17) is 23.9 Å². The average molecular weight is 822 g/mol. The lowest BCUT2D eigenvalue weighted by atomic mass is 10.00. The van der Waals surface area contributed by atoms with Gasteiger partial charge in [-0.15, -0.1) is 0 Å². The molecule has 16 heteroatoms. The number of carbonyl (C=O) groups excluding carboxylic acids is 4. The van der Waals surface area contributed by atoms with Gasteiger partial charge in [-0.3, -0.25) is 19.1 Å². The quantitative estimate of drug-likeness (QED) is 0.359. The number of sulfonamides is 1. The van der Waals surface area contributed by atoms with Gasteiger partial charge in [0.15, 0.2) is 0 Å². The fraction of sp³-hybridized carbons (Fsp3) is 0.643. The Morgan fingerprint density at radius 2 is 1.79 bits per heavy atom. The molecule has 4 amide bonds. The molecule has 1 unspecified atom stereocenters. The highest BCUT2D eigenvalue weighted by Gasteiger charge is 2.62. The summed E-state index contributed by atoms with van der Waals surface area (Å²) in [4.78, 5) is 63.0. The molecular weight excluding hydrogens is 767 g/mol. The Morgan fingerprint density at radius 3 is 2.57 bits per heavy atom. The van der Waals surface area contributed by atoms with Gasteiger partial charge >= 0.3 is 6.09 Å². The third kappa shape index (κ3) is 8.44. The van der Waals surface area contributed by atoms with Gasteiger partial charge in [0.2, 0.25) is 27.7 Å². The standard InChI is InChI=1S/C42H55N5O10S/c1-3-55-37-22-36-30-19-26(35(54-2)21-32(30)43-37)13-9-11-25-12-10-16-34(25)57-41(51)44-31-15-8-6-4-5-7-14-27-23-42(27,40(50)46-58(52,53)29-17-18-29)45-38(48)33-20-28(56-36)24-47(33)39(31)49/h9,13,19,21-22,25,27-29,31,33-34H,3-8,10-12,14-18,20,23-24H2,1-2H3,(H,44,51)(H,45,48)(H,46,50)/b13-9-/t25?,27-,28+,31-,33-,34+,42+/m0/s1. The van der Waals surface area contributed by atoms with Gasteiger partial charge in [-0.05, 0) is 82.6 Å². The second-order valence-electron chi connectivity index (χ2n) is 16.8. The van der Waals surface area contributed by atoms with Crippen molar-refractivity contribution in [2.24, 2.45) is 11.8 Å². The van der Waals surface area contributed by atoms with Crippen LogP contribution in [0.15, 0.2) is 24.3 Å². The average Bonchev–Trinajstić information content (AvgIpc) is 4.08. The van der Waals surface area contributed by atoms with Crippen molar-refractivity contribution in [2.45, 2.75) is 138 Å². The number of benzene rings is 1. The van der Waals surface area contributed by atoms with Crippen LogP contribution in [0, 0.1) is 11.8 Å². The van der Waals surface area contributed by atoms with Gasteiger partial charge in [0, 0.05) is 29.5 Å². The number of aromatic nitrogens is 1. The maximum absolute atomic E-state index is 14.8. The molecule has 2 aromatic rings. The molecule has 3 saturated carbocycles. The summed E-state index contributed by atoms with van der Waals surface area (Å²) >= 11 is 0. The number of fused-ring (bicyclic) bond motifs is 5. The van der Waals surface area contributed by atoms with E-state index in [0.29, 0.717) is 86.3 Å². The minimum Gasteiger partial charge on any atom is -0.496 e. The van der Waals surface area contributed by atoms with Crippen LogP contribution in [0.3, 0.4) is 0 Å². The smallest absolute Gasteiger partial charge is 0.408 e. The maximum Gasteiger partial charge on any atom is 0.408 e. The lowest BCUT2D eigenvalue weighted by Crippen LogP contribution is -2.58. The van der Waals surface area contributed by atoms with Crippen molar-refractivity contribution in [1.29, 1.82) is 0 Å². The van der Waals surface area contributed by atoms with Crippen LogP contribution in [0.5, 0.6) is 17.4 Å². The van der Waals surface area contributed by atoms with Crippen molar-refractivity contribution in [1.82, 2.24) is 25.2 Å². The first-order valence-corrected chi connectivity index (χ1v) is 22.7. The van der Waals surface area contributed by atoms with Gasteiger partial charge in [0.05, 0.1) is 31.0 Å². The molecule has 3 N–H and O–H groups in total. The van der Waals surface area contributed by atoms with E-state index in [0.717, 1.165) is 44.1 Å². The van der Waals surface area contributed by atoms with Crippen LogP contribution < -0.4 is 29.6 Å². The van der Waals surface area contributed by atoms with E-state index in [1.165, 1.54) is 4.90 Å². The highest BCUT2D eigenvalue weighted by Crippen LogP contribution is 2.48. The van der Waals surface area contributed by atoms with Gasteiger partial charge < -0.3 is 34.5 Å². The Labute approximate surface area is 339 Å². The zero-order valence-electron chi connectivity index (χ0n) is 33.3. The van der Waals surface area contributed by atoms with Crippen molar-refractivity contribution in [3.63, 3.8) is 0 Å². The lowest BCUT2D eigenvalue weighted by Gasteiger charge is -2.30. The number of amides is 4. The van der Waals surface area contributed by atoms with E-state index in [2.05, 4.69) is 21.4 Å². The van der Waals surface area contributed by atoms with Gasteiger partial charge in [0.25, 0.3) is 5.91 Å². The number of alkyl carbamates (subject to hydrolysis) is 1. The molecule has 1 aromatic heterocycles. The summed E-state index contributed by atoms with van der Waals surface area (Å²) in [7, 11) is -2.28. The largest absolute Gasteiger partial charge is 0.496 e. The molecule has 0 radical (unpaired) electrons. The van der Waals surface area contributed by atoms with Crippen LogP contribution in [0.2, 0.25) is 0 Å². The van der Waals surface area contributed by atoms with E-state index >= 15 is 0 Å². The Bertz CT molecular complexity index is 2070. The second kappa shape index (κ2) is 16.6. The zero-order valence-corrected chi connectivity index (χ0v) is 34.2. The molecule has 0 spiro atoms. The van der Waals surface area contributed by atoms with Crippen molar-refractivity contribution >= 4 is 50.8 Å². The van der Waals surface area contributed by atoms with Crippen LogP contribution in [0.4, 0.5) is 4.79 Å². The molecule has 5 fully saturated rings. The Hall–Kier alpha value is -4.60. The maximum atomic E-state index is 14.8. The number of rotatable bonds is 6. The molecule has 58 heavy (non-hydrogen) atoms. The fourth-order valence-corrected chi connectivity index (χ4v) is 10.8. The number of allylic oxidation sites excluding steroid dienone is 1. The molecule has 5 bridgehead atoms. The summed E-state index contributed by atoms with van der Waals surface area (Å²) in [6, 6.07) is 3.42. The number of pyridine rings is 1. The summed E-state index contributed by atoms with van der Waals surface area (Å²) < 4.78 is 52.5. The summed E-state index contributed by atoms with van der Waals surface area (Å²) in [6.45, 7) is 2.22. The lowest BCUT2D eigenvalue weighted by molar-refractivity contribution is -0.141. The number of hydrogen-bond acceptors (Lipinski definition) is 11. The molecule has 8 rings (SSSR count). The minimum atomic E-state index is -3.88. The number of methoxy groups -OCH3 is 1. The molecule has 3 aliphatic heterocycles. The minimum absolute atomic E-state index is 0.00420. The third-order valence-electron chi connectivity index (χ3n) is 12.8. The summed E-state index contributed by atoms with van der Waals surface area (Å²) in [6.07, 6.45) is 12.0. The molecule has 3 aliphatic carbocycles. The Morgan fingerprint density at radius 1 is 1.00 bits per heavy atom. The van der Waals surface area contributed by atoms with Crippen molar-refractivity contribution < 1.29 is 46.5 Å². The Balaban J connectivity index is 1.17. The molecule has 314 valence electrons. The van der Waals surface area contributed by atoms with E-state index < -0.39 is 62.8 Å². The highest BCUT2D eigenvalue weighted by atomic mass is 32.2. The molecule has 6 aliphatic rings. The number of nitrogens with one attached hydrogen (secondary N) is 3. The molecular formula is C42H55N5O10S. The highest BCUT2D eigenvalue weighted by molar-refractivity contribution is 7.91. The number of ether oxygens (including phenoxy) is 4. The van der Waals surface area contributed by atoms with Gasteiger partial charge in [-0.2, -0.15) is 0 Å². The van der Waals surface area contributed by atoms with Crippen LogP contribution in [0.25, 0.3) is 17.0 Å². The first-order chi connectivity index (χ1) is 28.0. The van der Waals surface area contributed by atoms with E-state index in [9.17, 15) is 27.6 Å². The molecule has 4 heterocycles. The third-order valence-corrected chi connectivity index (χ3v) is 14.6. The number of carbonyl (C=O) groups is 4. The van der Waals surface area contributed by atoms with Gasteiger partial charge in [0.1, 0.15) is 41.3 Å². The molecule has 2 saturated heterocycles. The first kappa shape index (κ1) is 40.2. The molecule has 1 aromatic carbocycles. The molecule has 15 nitrogen and oxygen atoms in total. The summed E-state index contributed by atoms with van der Waals surface area (Å²) in [5.41, 5.74) is -0.0513. The fourth-order valence-electron chi connectivity index (χ4n) is 9.39. The van der Waals surface area contributed by atoms with Crippen molar-refractivity contribution in [3.8, 4) is 17.4 Å². The summed E-state index contributed by atoms with van der Waals surface area (Å²) in [5.74, 6) is -0.536. The first-order valence-electron chi connectivity index (χ1n) is 21.1. The van der Waals surface area contributed by atoms with Crippen LogP contribution in [0.1, 0.15) is 109 Å². The van der Waals surface area contributed by atoms with Crippen molar-refractivity contribution in [2.75, 3.05) is 20.3 Å². The van der Waals surface area contributed by atoms with Gasteiger partial charge in [-0.25, -0.2) is 18.2 Å². The topological polar surface area (TPSA) is 192 Å². The van der Waals surface area contributed by atoms with Crippen LogP contribution in [-0.4, -0.2) is 97.5 Å².